The first-order chi connectivity index (χ1) is 7.31. The van der Waals surface area contributed by atoms with Crippen LogP contribution in [0.2, 0.25) is 0 Å². The third kappa shape index (κ3) is 2.92. The molecule has 15 heavy (non-hydrogen) atoms. The Morgan fingerprint density at radius 3 is 2.47 bits per heavy atom. The Kier molecular flexibility index (Phi) is 4.00. The zero-order chi connectivity index (χ0) is 10.7. The van der Waals surface area contributed by atoms with Gasteiger partial charge in [-0.1, -0.05) is 0 Å². The van der Waals surface area contributed by atoms with Gasteiger partial charge in [-0.05, 0) is 51.0 Å². The Balaban J connectivity index is 1.66. The number of nitrogens with two attached hydrogens (primary N) is 1. The first kappa shape index (κ1) is 11.4. The standard InChI is InChI=1S/C12H23NO2/c1-14-10-3-2-4-11(7-10)15-12-5-9(6-12)8-13/h9-12H,2-8,13H2,1H3. The van der Waals surface area contributed by atoms with E-state index in [0.29, 0.717) is 18.3 Å². The number of hydrogen-bond acceptors (Lipinski definition) is 3. The summed E-state index contributed by atoms with van der Waals surface area (Å²) in [6, 6.07) is 0. The van der Waals surface area contributed by atoms with E-state index in [2.05, 4.69) is 0 Å². The van der Waals surface area contributed by atoms with Gasteiger partial charge in [0.15, 0.2) is 0 Å². The number of methoxy groups -OCH3 is 1. The Labute approximate surface area is 92.3 Å². The Morgan fingerprint density at radius 1 is 1.07 bits per heavy atom. The van der Waals surface area contributed by atoms with Crippen molar-refractivity contribution in [1.29, 1.82) is 0 Å². The molecule has 0 heterocycles. The molecule has 2 aliphatic carbocycles. The fourth-order valence-electron chi connectivity index (χ4n) is 2.69. The fourth-order valence-corrected chi connectivity index (χ4v) is 2.69. The van der Waals surface area contributed by atoms with Crippen LogP contribution in [0, 0.1) is 5.92 Å². The van der Waals surface area contributed by atoms with Gasteiger partial charge < -0.3 is 15.2 Å². The van der Waals surface area contributed by atoms with Crippen molar-refractivity contribution in [1.82, 2.24) is 0 Å². The monoisotopic (exact) mass is 213 g/mol. The van der Waals surface area contributed by atoms with Crippen LogP contribution in [0.4, 0.5) is 0 Å². The molecule has 0 aliphatic heterocycles. The van der Waals surface area contributed by atoms with E-state index < -0.39 is 0 Å². The lowest BCUT2D eigenvalue weighted by Crippen LogP contribution is -2.40. The van der Waals surface area contributed by atoms with Gasteiger partial charge >= 0.3 is 0 Å². The summed E-state index contributed by atoms with van der Waals surface area (Å²) in [5, 5.41) is 0. The molecule has 0 bridgehead atoms. The van der Waals surface area contributed by atoms with Crippen LogP contribution in [-0.4, -0.2) is 32.0 Å². The van der Waals surface area contributed by atoms with Gasteiger partial charge in [-0.3, -0.25) is 0 Å². The van der Waals surface area contributed by atoms with E-state index in [1.807, 2.05) is 0 Å². The highest BCUT2D eigenvalue weighted by Gasteiger charge is 2.32. The number of rotatable bonds is 4. The van der Waals surface area contributed by atoms with Crippen molar-refractivity contribution in [2.24, 2.45) is 11.7 Å². The fraction of sp³-hybridized carbons (Fsp3) is 1.00. The van der Waals surface area contributed by atoms with Crippen LogP contribution >= 0.6 is 0 Å². The Morgan fingerprint density at radius 2 is 1.80 bits per heavy atom. The van der Waals surface area contributed by atoms with E-state index in [1.54, 1.807) is 7.11 Å². The summed E-state index contributed by atoms with van der Waals surface area (Å²) >= 11 is 0. The molecule has 2 unspecified atom stereocenters. The summed E-state index contributed by atoms with van der Waals surface area (Å²) < 4.78 is 11.5. The second-order valence-electron chi connectivity index (χ2n) is 4.98. The molecule has 0 aromatic heterocycles. The summed E-state index contributed by atoms with van der Waals surface area (Å²) in [7, 11) is 1.81. The first-order valence-electron chi connectivity index (χ1n) is 6.20. The minimum absolute atomic E-state index is 0.425. The predicted octanol–water partition coefficient (Wildman–Crippen LogP) is 1.70. The second kappa shape index (κ2) is 5.28. The first-order valence-corrected chi connectivity index (χ1v) is 6.20. The number of hydrogen-bond donors (Lipinski definition) is 1. The van der Waals surface area contributed by atoms with Crippen LogP contribution in [0.1, 0.15) is 38.5 Å². The highest BCUT2D eigenvalue weighted by molar-refractivity contribution is 4.83. The average Bonchev–Trinajstić information content (AvgIpc) is 2.23. The minimum atomic E-state index is 0.425. The lowest BCUT2D eigenvalue weighted by Gasteiger charge is -2.39. The third-order valence-corrected chi connectivity index (χ3v) is 3.82. The molecule has 0 spiro atoms. The molecule has 2 aliphatic rings. The zero-order valence-electron chi connectivity index (χ0n) is 9.65. The van der Waals surface area contributed by atoms with Crippen LogP contribution in [0.15, 0.2) is 0 Å². The molecule has 3 heteroatoms. The smallest absolute Gasteiger partial charge is 0.0603 e. The molecule has 0 radical (unpaired) electrons. The van der Waals surface area contributed by atoms with E-state index in [-0.39, 0.29) is 0 Å². The van der Waals surface area contributed by atoms with Crippen molar-refractivity contribution in [3.05, 3.63) is 0 Å². The molecular formula is C12H23NO2. The summed E-state index contributed by atoms with van der Waals surface area (Å²) in [6.07, 6.45) is 8.43. The molecule has 0 amide bonds. The highest BCUT2D eigenvalue weighted by atomic mass is 16.5. The lowest BCUT2D eigenvalue weighted by atomic mass is 9.82. The molecule has 0 aromatic carbocycles. The number of ether oxygens (including phenoxy) is 2. The summed E-state index contributed by atoms with van der Waals surface area (Å²) in [5.74, 6) is 0.719. The minimum Gasteiger partial charge on any atom is -0.381 e. The second-order valence-corrected chi connectivity index (χ2v) is 4.98. The van der Waals surface area contributed by atoms with E-state index in [9.17, 15) is 0 Å². The Bertz CT molecular complexity index is 192. The molecule has 2 rings (SSSR count). The van der Waals surface area contributed by atoms with Crippen LogP contribution in [0.3, 0.4) is 0 Å². The van der Waals surface area contributed by atoms with E-state index >= 15 is 0 Å². The van der Waals surface area contributed by atoms with Gasteiger partial charge in [0.05, 0.1) is 18.3 Å². The Hall–Kier alpha value is -0.120. The van der Waals surface area contributed by atoms with Gasteiger partial charge in [0.1, 0.15) is 0 Å². The van der Waals surface area contributed by atoms with Gasteiger partial charge in [0.2, 0.25) is 0 Å². The van der Waals surface area contributed by atoms with Crippen LogP contribution in [0.25, 0.3) is 0 Å². The summed E-state index contributed by atoms with van der Waals surface area (Å²) in [5.41, 5.74) is 5.60. The predicted molar refractivity (Wildman–Crippen MR) is 59.7 cm³/mol. The van der Waals surface area contributed by atoms with Gasteiger partial charge in [-0.2, -0.15) is 0 Å². The van der Waals surface area contributed by atoms with Gasteiger partial charge in [0.25, 0.3) is 0 Å². The van der Waals surface area contributed by atoms with E-state index in [4.69, 9.17) is 15.2 Å². The maximum absolute atomic E-state index is 6.06. The lowest BCUT2D eigenvalue weighted by molar-refractivity contribution is -0.104. The molecule has 2 saturated carbocycles. The van der Waals surface area contributed by atoms with Gasteiger partial charge in [-0.25, -0.2) is 0 Å². The van der Waals surface area contributed by atoms with Crippen LogP contribution in [0.5, 0.6) is 0 Å². The van der Waals surface area contributed by atoms with Crippen molar-refractivity contribution in [3.8, 4) is 0 Å². The maximum atomic E-state index is 6.06. The SMILES string of the molecule is COC1CCCC(OC2CC(CN)C2)C1. The molecule has 2 fully saturated rings. The average molecular weight is 213 g/mol. The quantitative estimate of drug-likeness (QED) is 0.773. The van der Waals surface area contributed by atoms with Crippen LogP contribution in [-0.2, 0) is 9.47 Å². The van der Waals surface area contributed by atoms with Crippen molar-refractivity contribution < 1.29 is 9.47 Å². The highest BCUT2D eigenvalue weighted by Crippen LogP contribution is 2.33. The molecular weight excluding hydrogens is 190 g/mol. The third-order valence-electron chi connectivity index (χ3n) is 3.82. The molecule has 0 saturated heterocycles. The summed E-state index contributed by atoms with van der Waals surface area (Å²) in [4.78, 5) is 0. The molecule has 2 N–H and O–H groups in total. The van der Waals surface area contributed by atoms with E-state index in [1.165, 1.54) is 32.1 Å². The summed E-state index contributed by atoms with van der Waals surface area (Å²) in [6.45, 7) is 0.825. The molecule has 2 atom stereocenters. The van der Waals surface area contributed by atoms with Crippen molar-refractivity contribution in [3.63, 3.8) is 0 Å². The van der Waals surface area contributed by atoms with E-state index in [0.717, 1.165) is 18.9 Å². The normalized spacial score (nSPS) is 41.2. The van der Waals surface area contributed by atoms with Crippen molar-refractivity contribution >= 4 is 0 Å². The zero-order valence-corrected chi connectivity index (χ0v) is 9.65. The van der Waals surface area contributed by atoms with Crippen molar-refractivity contribution in [2.45, 2.75) is 56.8 Å². The molecule has 3 nitrogen and oxygen atoms in total. The largest absolute Gasteiger partial charge is 0.381 e. The maximum Gasteiger partial charge on any atom is 0.0603 e. The topological polar surface area (TPSA) is 44.5 Å². The molecule has 88 valence electrons. The van der Waals surface area contributed by atoms with Gasteiger partial charge in [-0.15, -0.1) is 0 Å². The van der Waals surface area contributed by atoms with Crippen molar-refractivity contribution in [2.75, 3.05) is 13.7 Å². The molecule has 0 aromatic rings. The van der Waals surface area contributed by atoms with Crippen LogP contribution < -0.4 is 5.73 Å². The van der Waals surface area contributed by atoms with Gasteiger partial charge in [0, 0.05) is 7.11 Å².